The summed E-state index contributed by atoms with van der Waals surface area (Å²) in [6.45, 7) is 0.419. The number of carboxylic acid groups (broad SMARTS) is 1. The number of likely N-dealkylation sites (tertiary alicyclic amines) is 1. The van der Waals surface area contributed by atoms with E-state index in [1.165, 1.54) is 19.3 Å². The molecule has 2 aliphatic rings. The maximum atomic E-state index is 11.6. The minimum absolute atomic E-state index is 0.0586. The van der Waals surface area contributed by atoms with Crippen LogP contribution in [0.2, 0.25) is 0 Å². The Kier molecular flexibility index (Phi) is 4.39. The van der Waals surface area contributed by atoms with Crippen LogP contribution >= 0.6 is 0 Å². The van der Waals surface area contributed by atoms with E-state index in [2.05, 4.69) is 0 Å². The Labute approximate surface area is 131 Å². The lowest BCUT2D eigenvalue weighted by atomic mass is 9.73. The van der Waals surface area contributed by atoms with Crippen LogP contribution in [0.15, 0.2) is 30.3 Å². The van der Waals surface area contributed by atoms with Gasteiger partial charge in [-0.1, -0.05) is 49.6 Å². The summed E-state index contributed by atoms with van der Waals surface area (Å²) in [4.78, 5) is 13.2. The van der Waals surface area contributed by atoms with Crippen molar-refractivity contribution in [3.05, 3.63) is 35.9 Å². The molecule has 22 heavy (non-hydrogen) atoms. The number of hydrogen-bond donors (Lipinski definition) is 2. The highest BCUT2D eigenvalue weighted by molar-refractivity contribution is 5.65. The number of carbonyl (C=O) groups is 1. The van der Waals surface area contributed by atoms with Gasteiger partial charge < -0.3 is 15.1 Å². The Hall–Kier alpha value is -1.55. The molecule has 4 heteroatoms. The molecule has 4 nitrogen and oxygen atoms in total. The number of aliphatic hydroxyl groups is 1. The molecule has 3 rings (SSSR count). The lowest BCUT2D eigenvalue weighted by Gasteiger charge is -2.47. The quantitative estimate of drug-likeness (QED) is 0.877. The van der Waals surface area contributed by atoms with Crippen LogP contribution in [0.3, 0.4) is 0 Å². The summed E-state index contributed by atoms with van der Waals surface area (Å²) >= 11 is 0. The molecule has 2 N–H and O–H groups in total. The van der Waals surface area contributed by atoms with E-state index in [9.17, 15) is 15.0 Å². The van der Waals surface area contributed by atoms with Crippen molar-refractivity contribution in [2.45, 2.75) is 56.6 Å². The summed E-state index contributed by atoms with van der Waals surface area (Å²) in [5.41, 5.74) is 0.0239. The van der Waals surface area contributed by atoms with Crippen molar-refractivity contribution in [3.63, 3.8) is 0 Å². The molecule has 0 bridgehead atoms. The Balaban J connectivity index is 1.84. The lowest BCUT2D eigenvalue weighted by molar-refractivity contribution is -0.0611. The third-order valence-electron chi connectivity index (χ3n) is 5.46. The van der Waals surface area contributed by atoms with Gasteiger partial charge >= 0.3 is 6.09 Å². The maximum Gasteiger partial charge on any atom is 0.407 e. The van der Waals surface area contributed by atoms with Gasteiger partial charge in [-0.15, -0.1) is 0 Å². The number of benzene rings is 1. The van der Waals surface area contributed by atoms with Crippen molar-refractivity contribution >= 4 is 6.09 Å². The first kappa shape index (κ1) is 15.3. The summed E-state index contributed by atoms with van der Waals surface area (Å²) in [7, 11) is 0. The molecule has 1 aromatic carbocycles. The average molecular weight is 303 g/mol. The Morgan fingerprint density at radius 3 is 2.45 bits per heavy atom. The predicted octanol–water partition coefficient (Wildman–Crippen LogP) is 3.60. The summed E-state index contributed by atoms with van der Waals surface area (Å²) in [5, 5.41) is 20.6. The summed E-state index contributed by atoms with van der Waals surface area (Å²) in [6, 6.07) is 9.66. The molecule has 2 fully saturated rings. The first-order valence-electron chi connectivity index (χ1n) is 8.38. The Morgan fingerprint density at radius 1 is 1.14 bits per heavy atom. The number of nitrogens with zero attached hydrogens (tertiary/aromatic N) is 1. The maximum absolute atomic E-state index is 11.6. The fourth-order valence-corrected chi connectivity index (χ4v) is 4.22. The van der Waals surface area contributed by atoms with Gasteiger partial charge in [0.15, 0.2) is 0 Å². The SMILES string of the molecule is O=C(O)N1CCC(O)(c2ccccc2)CC1C1CCCCC1. The number of amides is 1. The van der Waals surface area contributed by atoms with Crippen molar-refractivity contribution in [3.8, 4) is 0 Å². The van der Waals surface area contributed by atoms with E-state index in [0.29, 0.717) is 25.3 Å². The van der Waals surface area contributed by atoms with Gasteiger partial charge in [-0.3, -0.25) is 0 Å². The van der Waals surface area contributed by atoms with E-state index >= 15 is 0 Å². The molecular formula is C18H25NO3. The van der Waals surface area contributed by atoms with Gasteiger partial charge in [0, 0.05) is 19.0 Å². The first-order valence-corrected chi connectivity index (χ1v) is 8.38. The molecule has 1 aromatic rings. The number of hydrogen-bond acceptors (Lipinski definition) is 2. The topological polar surface area (TPSA) is 60.8 Å². The molecule has 1 saturated carbocycles. The normalized spacial score (nSPS) is 30.2. The molecule has 1 aliphatic carbocycles. The molecular weight excluding hydrogens is 278 g/mol. The van der Waals surface area contributed by atoms with Crippen molar-refractivity contribution in [2.24, 2.45) is 5.92 Å². The average Bonchev–Trinajstić information content (AvgIpc) is 2.56. The second kappa shape index (κ2) is 6.29. The molecule has 120 valence electrons. The minimum atomic E-state index is -0.894. The smallest absolute Gasteiger partial charge is 0.407 e. The molecule has 1 aliphatic heterocycles. The van der Waals surface area contributed by atoms with Crippen molar-refractivity contribution in [1.82, 2.24) is 4.90 Å². The standard InChI is InChI=1S/C18H25NO3/c20-17(21)19-12-11-18(22,15-9-5-2-6-10-15)13-16(19)14-7-3-1-4-8-14/h2,5-6,9-10,14,16,22H,1,3-4,7-8,11-13H2,(H,20,21). The third kappa shape index (κ3) is 2.98. The van der Waals surface area contributed by atoms with Crippen LogP contribution < -0.4 is 0 Å². The fraction of sp³-hybridized carbons (Fsp3) is 0.611. The lowest BCUT2D eigenvalue weighted by Crippen LogP contribution is -2.54. The zero-order chi connectivity index (χ0) is 15.6. The highest BCUT2D eigenvalue weighted by Crippen LogP contribution is 2.41. The highest BCUT2D eigenvalue weighted by Gasteiger charge is 2.44. The third-order valence-corrected chi connectivity index (χ3v) is 5.46. The molecule has 1 heterocycles. The summed E-state index contributed by atoms with van der Waals surface area (Å²) in [6.07, 6.45) is 5.93. The summed E-state index contributed by atoms with van der Waals surface area (Å²) in [5.74, 6) is 0.389. The molecule has 0 radical (unpaired) electrons. The first-order chi connectivity index (χ1) is 10.6. The van der Waals surface area contributed by atoms with Crippen LogP contribution in [0.4, 0.5) is 4.79 Å². The number of piperidine rings is 1. The highest BCUT2D eigenvalue weighted by atomic mass is 16.4. The van der Waals surface area contributed by atoms with Crippen LogP contribution in [0.5, 0.6) is 0 Å². The van der Waals surface area contributed by atoms with Crippen LogP contribution in [0, 0.1) is 5.92 Å². The van der Waals surface area contributed by atoms with Crippen molar-refractivity contribution in [2.75, 3.05) is 6.54 Å². The second-order valence-corrected chi connectivity index (χ2v) is 6.79. The Bertz CT molecular complexity index is 512. The van der Waals surface area contributed by atoms with Crippen molar-refractivity contribution in [1.29, 1.82) is 0 Å². The van der Waals surface area contributed by atoms with Gasteiger partial charge in [0.1, 0.15) is 0 Å². The van der Waals surface area contributed by atoms with E-state index in [-0.39, 0.29) is 6.04 Å². The molecule has 0 aromatic heterocycles. The summed E-state index contributed by atoms with van der Waals surface area (Å²) < 4.78 is 0. The Morgan fingerprint density at radius 2 is 1.82 bits per heavy atom. The van der Waals surface area contributed by atoms with E-state index in [1.807, 2.05) is 30.3 Å². The molecule has 1 amide bonds. The van der Waals surface area contributed by atoms with E-state index in [0.717, 1.165) is 18.4 Å². The minimum Gasteiger partial charge on any atom is -0.465 e. The van der Waals surface area contributed by atoms with Crippen LogP contribution in [0.25, 0.3) is 0 Å². The van der Waals surface area contributed by atoms with Crippen LogP contribution in [-0.4, -0.2) is 33.8 Å². The zero-order valence-corrected chi connectivity index (χ0v) is 12.9. The largest absolute Gasteiger partial charge is 0.465 e. The molecule has 0 spiro atoms. The van der Waals surface area contributed by atoms with Gasteiger partial charge in [0.25, 0.3) is 0 Å². The van der Waals surface area contributed by atoms with Crippen molar-refractivity contribution < 1.29 is 15.0 Å². The monoisotopic (exact) mass is 303 g/mol. The zero-order valence-electron chi connectivity index (χ0n) is 12.9. The van der Waals surface area contributed by atoms with E-state index < -0.39 is 11.7 Å². The predicted molar refractivity (Wildman–Crippen MR) is 84.7 cm³/mol. The fourth-order valence-electron chi connectivity index (χ4n) is 4.22. The molecule has 2 atom stereocenters. The second-order valence-electron chi connectivity index (χ2n) is 6.79. The molecule has 2 unspecified atom stereocenters. The van der Waals surface area contributed by atoms with E-state index in [1.54, 1.807) is 4.90 Å². The van der Waals surface area contributed by atoms with Gasteiger partial charge in [-0.05, 0) is 30.7 Å². The van der Waals surface area contributed by atoms with Gasteiger partial charge in [0.05, 0.1) is 5.60 Å². The number of rotatable bonds is 2. The molecule has 1 saturated heterocycles. The van der Waals surface area contributed by atoms with Crippen LogP contribution in [-0.2, 0) is 5.60 Å². The van der Waals surface area contributed by atoms with Gasteiger partial charge in [-0.2, -0.15) is 0 Å². The van der Waals surface area contributed by atoms with E-state index in [4.69, 9.17) is 0 Å². The van der Waals surface area contributed by atoms with Crippen LogP contribution in [0.1, 0.15) is 50.5 Å². The van der Waals surface area contributed by atoms with Gasteiger partial charge in [-0.25, -0.2) is 4.79 Å². The van der Waals surface area contributed by atoms with Gasteiger partial charge in [0.2, 0.25) is 0 Å².